The van der Waals surface area contributed by atoms with Crippen molar-refractivity contribution in [2.24, 2.45) is 0 Å². The Bertz CT molecular complexity index is 633. The largest absolute Gasteiger partial charge is 0.312 e. The molecule has 1 aliphatic rings. The number of carbonyl (C=O) groups is 1. The molecule has 20 heavy (non-hydrogen) atoms. The van der Waals surface area contributed by atoms with Gasteiger partial charge in [0, 0.05) is 18.7 Å². The van der Waals surface area contributed by atoms with Gasteiger partial charge in [-0.2, -0.15) is 5.10 Å². The maximum absolute atomic E-state index is 12.6. The van der Waals surface area contributed by atoms with Gasteiger partial charge in [0.05, 0.1) is 6.42 Å². The van der Waals surface area contributed by atoms with Crippen molar-refractivity contribution >= 4 is 5.78 Å². The van der Waals surface area contributed by atoms with E-state index in [4.69, 9.17) is 0 Å². The number of rotatable bonds is 4. The van der Waals surface area contributed by atoms with Crippen molar-refractivity contribution in [3.05, 3.63) is 47.0 Å². The monoisotopic (exact) mass is 270 g/mol. The van der Waals surface area contributed by atoms with E-state index in [1.54, 1.807) is 4.68 Å². The molecule has 0 unspecified atom stereocenters. The molecular weight excluding hydrogens is 252 g/mol. The number of hydrogen-bond acceptors (Lipinski definition) is 4. The van der Waals surface area contributed by atoms with E-state index in [1.807, 2.05) is 19.1 Å². The van der Waals surface area contributed by atoms with E-state index in [-0.39, 0.29) is 5.78 Å². The first-order valence-corrected chi connectivity index (χ1v) is 7.01. The number of Topliss-reactive ketones (excluding diaryl/α,β-unsaturated/α-hetero) is 1. The molecule has 1 N–H and O–H groups in total. The van der Waals surface area contributed by atoms with E-state index < -0.39 is 0 Å². The summed E-state index contributed by atoms with van der Waals surface area (Å²) in [5, 5.41) is 7.45. The topological polar surface area (TPSA) is 59.8 Å². The number of aryl methyl sites for hydroxylation is 1. The van der Waals surface area contributed by atoms with Crippen LogP contribution in [0.5, 0.6) is 0 Å². The lowest BCUT2D eigenvalue weighted by Crippen LogP contribution is -2.25. The first-order valence-electron chi connectivity index (χ1n) is 7.01. The molecule has 5 nitrogen and oxygen atoms in total. The van der Waals surface area contributed by atoms with Gasteiger partial charge in [0.1, 0.15) is 12.2 Å². The Morgan fingerprint density at radius 1 is 1.45 bits per heavy atom. The first-order chi connectivity index (χ1) is 9.79. The molecule has 0 bridgehead atoms. The normalized spacial score (nSPS) is 14.1. The highest BCUT2D eigenvalue weighted by molar-refractivity contribution is 5.98. The minimum atomic E-state index is 0.131. The summed E-state index contributed by atoms with van der Waals surface area (Å²) < 4.78 is 1.77. The number of nitrogens with one attached hydrogen (secondary N) is 1. The summed E-state index contributed by atoms with van der Waals surface area (Å²) in [6.07, 6.45) is 2.74. The molecule has 2 aromatic rings. The number of benzene rings is 1. The van der Waals surface area contributed by atoms with E-state index in [0.717, 1.165) is 37.4 Å². The van der Waals surface area contributed by atoms with Crippen molar-refractivity contribution < 1.29 is 4.79 Å². The molecule has 0 spiro atoms. The number of fused-ring (bicyclic) bond motifs is 1. The quantitative estimate of drug-likeness (QED) is 0.852. The lowest BCUT2D eigenvalue weighted by Gasteiger charge is -2.19. The molecule has 1 aromatic heterocycles. The molecule has 0 amide bonds. The van der Waals surface area contributed by atoms with Crippen molar-refractivity contribution in [3.63, 3.8) is 0 Å². The van der Waals surface area contributed by atoms with Crippen molar-refractivity contribution in [2.75, 3.05) is 6.54 Å². The van der Waals surface area contributed by atoms with Crippen LogP contribution in [0.15, 0.2) is 24.5 Å². The van der Waals surface area contributed by atoms with Crippen LogP contribution in [-0.2, 0) is 25.9 Å². The van der Waals surface area contributed by atoms with Gasteiger partial charge >= 0.3 is 0 Å². The molecule has 104 valence electrons. The minimum Gasteiger partial charge on any atom is -0.312 e. The summed E-state index contributed by atoms with van der Waals surface area (Å²) in [6, 6.07) is 5.98. The highest BCUT2D eigenvalue weighted by atomic mass is 16.1. The smallest absolute Gasteiger partial charge is 0.170 e. The summed E-state index contributed by atoms with van der Waals surface area (Å²) in [5.41, 5.74) is 3.27. The Kier molecular flexibility index (Phi) is 3.60. The average molecular weight is 270 g/mol. The lowest BCUT2D eigenvalue weighted by molar-refractivity contribution is 0.0988. The summed E-state index contributed by atoms with van der Waals surface area (Å²) in [5.74, 6) is 0.871. The highest BCUT2D eigenvalue weighted by Gasteiger charge is 2.18. The minimum absolute atomic E-state index is 0.131. The predicted octanol–water partition coefficient (Wildman–Crippen LogP) is 1.37. The molecule has 0 fully saturated rings. The molecule has 3 rings (SSSR count). The third kappa shape index (κ3) is 2.36. The molecule has 5 heteroatoms. The molecule has 0 atom stereocenters. The van der Waals surface area contributed by atoms with E-state index >= 15 is 0 Å². The zero-order chi connectivity index (χ0) is 13.9. The molecule has 0 aliphatic carbocycles. The maximum atomic E-state index is 12.6. The number of carbonyl (C=O) groups excluding carboxylic acids is 1. The van der Waals surface area contributed by atoms with Crippen LogP contribution in [0.25, 0.3) is 0 Å². The van der Waals surface area contributed by atoms with Gasteiger partial charge in [-0.1, -0.05) is 18.2 Å². The standard InChI is InChI=1S/C15H18N4O/c1-2-19-15(17-10-18-19)8-14(20)13-5-3-4-11-9-16-7-6-12(11)13/h3-5,10,16H,2,6-9H2,1H3. The number of nitrogens with zero attached hydrogens (tertiary/aromatic N) is 3. The second kappa shape index (κ2) is 5.54. The van der Waals surface area contributed by atoms with Gasteiger partial charge in [-0.25, -0.2) is 9.67 Å². The second-order valence-electron chi connectivity index (χ2n) is 4.96. The number of aromatic nitrogens is 3. The molecule has 0 radical (unpaired) electrons. The van der Waals surface area contributed by atoms with Gasteiger partial charge in [-0.15, -0.1) is 0 Å². The first kappa shape index (κ1) is 13.0. The molecule has 1 aliphatic heterocycles. The highest BCUT2D eigenvalue weighted by Crippen LogP contribution is 2.20. The average Bonchev–Trinajstić information content (AvgIpc) is 2.93. The van der Waals surface area contributed by atoms with Crippen LogP contribution in [0, 0.1) is 0 Å². The number of ketones is 1. The fraction of sp³-hybridized carbons (Fsp3) is 0.400. The van der Waals surface area contributed by atoms with E-state index in [9.17, 15) is 4.79 Å². The Labute approximate surface area is 118 Å². The molecule has 0 saturated heterocycles. The molecular formula is C15H18N4O. The summed E-state index contributed by atoms with van der Waals surface area (Å²) in [4.78, 5) is 16.7. The van der Waals surface area contributed by atoms with Crippen LogP contribution < -0.4 is 5.32 Å². The van der Waals surface area contributed by atoms with E-state index in [1.165, 1.54) is 17.5 Å². The number of hydrogen-bond donors (Lipinski definition) is 1. The van der Waals surface area contributed by atoms with Crippen LogP contribution in [0.4, 0.5) is 0 Å². The van der Waals surface area contributed by atoms with Crippen LogP contribution in [0.2, 0.25) is 0 Å². The van der Waals surface area contributed by atoms with Gasteiger partial charge in [0.15, 0.2) is 5.78 Å². The van der Waals surface area contributed by atoms with Crippen molar-refractivity contribution in [2.45, 2.75) is 32.9 Å². The van der Waals surface area contributed by atoms with Crippen LogP contribution >= 0.6 is 0 Å². The van der Waals surface area contributed by atoms with E-state index in [2.05, 4.69) is 21.5 Å². The van der Waals surface area contributed by atoms with Gasteiger partial charge in [0.2, 0.25) is 0 Å². The summed E-state index contributed by atoms with van der Waals surface area (Å²) >= 11 is 0. The van der Waals surface area contributed by atoms with Gasteiger partial charge in [-0.05, 0) is 31.0 Å². The fourth-order valence-corrected chi connectivity index (χ4v) is 2.72. The Hall–Kier alpha value is -2.01. The Balaban J connectivity index is 1.88. The Morgan fingerprint density at radius 3 is 3.20 bits per heavy atom. The summed E-state index contributed by atoms with van der Waals surface area (Å²) in [7, 11) is 0. The van der Waals surface area contributed by atoms with Gasteiger partial charge in [0.25, 0.3) is 0 Å². The lowest BCUT2D eigenvalue weighted by atomic mass is 9.92. The van der Waals surface area contributed by atoms with Crippen LogP contribution in [0.1, 0.15) is 34.2 Å². The zero-order valence-corrected chi connectivity index (χ0v) is 11.6. The molecule has 1 aromatic carbocycles. The third-order valence-corrected chi connectivity index (χ3v) is 3.75. The van der Waals surface area contributed by atoms with Crippen LogP contribution in [0.3, 0.4) is 0 Å². The molecule has 0 saturated carbocycles. The molecule has 2 heterocycles. The SMILES string of the molecule is CCn1ncnc1CC(=O)c1cccc2c1CCNC2. The van der Waals surface area contributed by atoms with Crippen molar-refractivity contribution in [3.8, 4) is 0 Å². The van der Waals surface area contributed by atoms with Crippen LogP contribution in [-0.4, -0.2) is 27.1 Å². The fourth-order valence-electron chi connectivity index (χ4n) is 2.72. The third-order valence-electron chi connectivity index (χ3n) is 3.75. The van der Waals surface area contributed by atoms with Gasteiger partial charge in [-0.3, -0.25) is 4.79 Å². The summed E-state index contributed by atoms with van der Waals surface area (Å²) in [6.45, 7) is 4.52. The van der Waals surface area contributed by atoms with Crippen molar-refractivity contribution in [1.82, 2.24) is 20.1 Å². The maximum Gasteiger partial charge on any atom is 0.170 e. The van der Waals surface area contributed by atoms with Gasteiger partial charge < -0.3 is 5.32 Å². The van der Waals surface area contributed by atoms with E-state index in [0.29, 0.717) is 6.42 Å². The predicted molar refractivity (Wildman–Crippen MR) is 75.6 cm³/mol. The Morgan fingerprint density at radius 2 is 2.35 bits per heavy atom. The van der Waals surface area contributed by atoms with Crippen molar-refractivity contribution in [1.29, 1.82) is 0 Å². The zero-order valence-electron chi connectivity index (χ0n) is 11.6. The second-order valence-corrected chi connectivity index (χ2v) is 4.96.